The van der Waals surface area contributed by atoms with Gasteiger partial charge in [0.2, 0.25) is 0 Å². The first-order chi connectivity index (χ1) is 14.8. The molecule has 4 aromatic carbocycles. The number of phosphoric acid groups is 1. The maximum atomic E-state index is 13.9. The van der Waals surface area contributed by atoms with E-state index in [0.29, 0.717) is 17.2 Å². The molecule has 0 aliphatic heterocycles. The molecule has 4 aromatic rings. The number of hydrogen-bond donors (Lipinski definition) is 0. The monoisotopic (exact) mass is 432 g/mol. The van der Waals surface area contributed by atoms with Gasteiger partial charge in [-0.2, -0.15) is 4.57 Å². The van der Waals surface area contributed by atoms with Gasteiger partial charge in [0.05, 0.1) is 0 Å². The molecule has 0 spiro atoms. The third-order valence-electron chi connectivity index (χ3n) is 4.78. The Kier molecular flexibility index (Phi) is 5.75. The minimum Gasteiger partial charge on any atom is -0.386 e. The molecule has 0 amide bonds. The van der Waals surface area contributed by atoms with Crippen molar-refractivity contribution in [2.24, 2.45) is 0 Å². The van der Waals surface area contributed by atoms with Crippen LogP contribution in [0.5, 0.6) is 17.2 Å². The van der Waals surface area contributed by atoms with Gasteiger partial charge in [0.15, 0.2) is 0 Å². The van der Waals surface area contributed by atoms with Crippen LogP contribution in [0.15, 0.2) is 78.9 Å². The third kappa shape index (κ3) is 5.10. The Balaban J connectivity index is 1.76. The summed E-state index contributed by atoms with van der Waals surface area (Å²) in [7, 11) is -4.07. The predicted molar refractivity (Wildman–Crippen MR) is 125 cm³/mol. The van der Waals surface area contributed by atoms with Crippen molar-refractivity contribution < 1.29 is 18.1 Å². The van der Waals surface area contributed by atoms with Crippen LogP contribution in [0.4, 0.5) is 0 Å². The van der Waals surface area contributed by atoms with Crippen LogP contribution < -0.4 is 13.6 Å². The van der Waals surface area contributed by atoms with E-state index in [1.807, 2.05) is 100 Å². The van der Waals surface area contributed by atoms with Crippen LogP contribution in [-0.2, 0) is 4.57 Å². The van der Waals surface area contributed by atoms with Gasteiger partial charge >= 0.3 is 7.82 Å². The number of aryl methyl sites for hydroxylation is 4. The lowest BCUT2D eigenvalue weighted by atomic mass is 10.1. The number of rotatable bonds is 6. The second-order valence-electron chi connectivity index (χ2n) is 7.85. The fraction of sp³-hybridized carbons (Fsp3) is 0.154. The molecule has 0 saturated carbocycles. The van der Waals surface area contributed by atoms with Crippen molar-refractivity contribution >= 4 is 18.6 Å². The zero-order valence-corrected chi connectivity index (χ0v) is 19.0. The van der Waals surface area contributed by atoms with Crippen LogP contribution in [0.25, 0.3) is 10.8 Å². The molecular weight excluding hydrogens is 407 g/mol. The first-order valence-electron chi connectivity index (χ1n) is 10.1. The van der Waals surface area contributed by atoms with Crippen molar-refractivity contribution in [1.82, 2.24) is 0 Å². The van der Waals surface area contributed by atoms with E-state index in [4.69, 9.17) is 13.6 Å². The Morgan fingerprint density at radius 2 is 1.06 bits per heavy atom. The first-order valence-corrected chi connectivity index (χ1v) is 11.6. The molecule has 4 nitrogen and oxygen atoms in total. The normalized spacial score (nSPS) is 11.4. The molecule has 0 atom stereocenters. The van der Waals surface area contributed by atoms with Gasteiger partial charge in [0.25, 0.3) is 0 Å². The Labute approximate surface area is 183 Å². The number of benzene rings is 4. The summed E-state index contributed by atoms with van der Waals surface area (Å²) in [5.41, 5.74) is 3.99. The molecule has 4 rings (SSSR count). The van der Waals surface area contributed by atoms with Gasteiger partial charge in [-0.25, -0.2) is 0 Å². The minimum atomic E-state index is -4.07. The molecule has 0 N–H and O–H groups in total. The summed E-state index contributed by atoms with van der Waals surface area (Å²) in [6.45, 7) is 7.84. The van der Waals surface area contributed by atoms with E-state index in [1.165, 1.54) is 0 Å². The predicted octanol–water partition coefficient (Wildman–Crippen LogP) is 7.72. The highest BCUT2D eigenvalue weighted by Gasteiger charge is 2.34. The number of phosphoric ester groups is 1. The van der Waals surface area contributed by atoms with Crippen molar-refractivity contribution in [3.63, 3.8) is 0 Å². The summed E-state index contributed by atoms with van der Waals surface area (Å²) < 4.78 is 31.8. The molecule has 31 heavy (non-hydrogen) atoms. The average Bonchev–Trinajstić information content (AvgIpc) is 2.66. The zero-order chi connectivity index (χ0) is 22.0. The van der Waals surface area contributed by atoms with E-state index in [0.717, 1.165) is 33.0 Å². The van der Waals surface area contributed by atoms with E-state index in [9.17, 15) is 4.57 Å². The van der Waals surface area contributed by atoms with Crippen LogP contribution in [-0.4, -0.2) is 0 Å². The van der Waals surface area contributed by atoms with Crippen molar-refractivity contribution in [2.75, 3.05) is 0 Å². The molecule has 0 aliphatic rings. The highest BCUT2D eigenvalue weighted by Crippen LogP contribution is 2.51. The quantitative estimate of drug-likeness (QED) is 0.293. The van der Waals surface area contributed by atoms with Gasteiger partial charge < -0.3 is 13.6 Å². The molecule has 0 radical (unpaired) electrons. The molecule has 0 aromatic heterocycles. The topological polar surface area (TPSA) is 44.8 Å². The fourth-order valence-electron chi connectivity index (χ4n) is 3.68. The standard InChI is InChI=1S/C26H25O4P/c1-18-12-19(2)15-23(14-18)28-31(27,29-24-16-20(3)13-21(4)17-24)30-26-11-7-9-22-8-5-6-10-25(22)26/h5-17H,1-4H3. The first kappa shape index (κ1) is 21.0. The van der Waals surface area contributed by atoms with E-state index in [2.05, 4.69) is 0 Å². The van der Waals surface area contributed by atoms with Crippen LogP contribution in [0.2, 0.25) is 0 Å². The maximum Gasteiger partial charge on any atom is 0.647 e. The lowest BCUT2D eigenvalue weighted by Crippen LogP contribution is -2.08. The molecule has 158 valence electrons. The van der Waals surface area contributed by atoms with Gasteiger partial charge in [-0.1, -0.05) is 48.5 Å². The van der Waals surface area contributed by atoms with Gasteiger partial charge in [0, 0.05) is 5.39 Å². The minimum absolute atomic E-state index is 0.436. The van der Waals surface area contributed by atoms with E-state index >= 15 is 0 Å². The summed E-state index contributed by atoms with van der Waals surface area (Å²) in [5, 5.41) is 1.81. The van der Waals surface area contributed by atoms with Gasteiger partial charge in [-0.15, -0.1) is 0 Å². The van der Waals surface area contributed by atoms with Crippen molar-refractivity contribution in [3.05, 3.63) is 101 Å². The molecule has 0 unspecified atom stereocenters. The SMILES string of the molecule is Cc1cc(C)cc(OP(=O)(Oc2cc(C)cc(C)c2)Oc2cccc3ccccc23)c1. The van der Waals surface area contributed by atoms with E-state index < -0.39 is 7.82 Å². The average molecular weight is 432 g/mol. The highest BCUT2D eigenvalue weighted by atomic mass is 31.2. The Morgan fingerprint density at radius 1 is 0.581 bits per heavy atom. The summed E-state index contributed by atoms with van der Waals surface area (Å²) >= 11 is 0. The van der Waals surface area contributed by atoms with Gasteiger partial charge in [0.1, 0.15) is 17.2 Å². The third-order valence-corrected chi connectivity index (χ3v) is 6.07. The van der Waals surface area contributed by atoms with Gasteiger partial charge in [-0.3, -0.25) is 0 Å². The number of fused-ring (bicyclic) bond motifs is 1. The molecule has 0 bridgehead atoms. The number of hydrogen-bond acceptors (Lipinski definition) is 4. The fourth-order valence-corrected chi connectivity index (χ4v) is 4.92. The Hall–Kier alpha value is -3.23. The van der Waals surface area contributed by atoms with Crippen LogP contribution in [0.1, 0.15) is 22.3 Å². The maximum absolute atomic E-state index is 13.9. The smallest absolute Gasteiger partial charge is 0.386 e. The van der Waals surface area contributed by atoms with Crippen LogP contribution >= 0.6 is 7.82 Å². The second kappa shape index (κ2) is 8.49. The molecule has 0 aliphatic carbocycles. The largest absolute Gasteiger partial charge is 0.647 e. The highest BCUT2D eigenvalue weighted by molar-refractivity contribution is 7.49. The summed E-state index contributed by atoms with van der Waals surface area (Å²) in [5.74, 6) is 1.31. The summed E-state index contributed by atoms with van der Waals surface area (Å²) in [4.78, 5) is 0. The molecule has 0 heterocycles. The zero-order valence-electron chi connectivity index (χ0n) is 18.1. The van der Waals surface area contributed by atoms with Crippen molar-refractivity contribution in [2.45, 2.75) is 27.7 Å². The van der Waals surface area contributed by atoms with Crippen LogP contribution in [0.3, 0.4) is 0 Å². The van der Waals surface area contributed by atoms with Crippen molar-refractivity contribution in [1.29, 1.82) is 0 Å². The molecule has 0 fully saturated rings. The molecular formula is C26H25O4P. The lowest BCUT2D eigenvalue weighted by Gasteiger charge is -2.21. The van der Waals surface area contributed by atoms with Crippen molar-refractivity contribution in [3.8, 4) is 17.2 Å². The molecule has 0 saturated heterocycles. The van der Waals surface area contributed by atoms with E-state index in [1.54, 1.807) is 6.07 Å². The second-order valence-corrected chi connectivity index (χ2v) is 9.29. The summed E-state index contributed by atoms with van der Waals surface area (Å²) in [6, 6.07) is 24.7. The summed E-state index contributed by atoms with van der Waals surface area (Å²) in [6.07, 6.45) is 0. The van der Waals surface area contributed by atoms with Crippen LogP contribution in [0, 0.1) is 27.7 Å². The molecule has 5 heteroatoms. The lowest BCUT2D eigenvalue weighted by molar-refractivity contribution is 0.299. The Morgan fingerprint density at radius 3 is 1.61 bits per heavy atom. The Bertz CT molecular complexity index is 1190. The van der Waals surface area contributed by atoms with Gasteiger partial charge in [-0.05, 0) is 85.7 Å². The van der Waals surface area contributed by atoms with E-state index in [-0.39, 0.29) is 0 Å².